The van der Waals surface area contributed by atoms with Gasteiger partial charge in [-0.2, -0.15) is 0 Å². The van der Waals surface area contributed by atoms with E-state index in [2.05, 4.69) is 5.32 Å². The molecule has 1 saturated heterocycles. The number of aliphatic hydroxyl groups is 4. The van der Waals surface area contributed by atoms with E-state index in [1.54, 1.807) is 18.2 Å². The van der Waals surface area contributed by atoms with Crippen LogP contribution in [0, 0.1) is 0 Å². The van der Waals surface area contributed by atoms with Gasteiger partial charge in [0.15, 0.2) is 6.29 Å². The fourth-order valence-corrected chi connectivity index (χ4v) is 2.38. The van der Waals surface area contributed by atoms with Crippen LogP contribution in [0.2, 0.25) is 0 Å². The first-order valence-electron chi connectivity index (χ1n) is 7.32. The molecule has 8 nitrogen and oxygen atoms in total. The number of nitrogens with one attached hydrogen (secondary N) is 1. The molecule has 0 aromatic heterocycles. The van der Waals surface area contributed by atoms with Gasteiger partial charge in [-0.25, -0.2) is 0 Å². The third kappa shape index (κ3) is 3.98. The Kier molecular flexibility index (Phi) is 5.91. The Morgan fingerprint density at radius 1 is 1.30 bits per heavy atom. The molecule has 1 amide bonds. The van der Waals surface area contributed by atoms with Crippen molar-refractivity contribution in [2.75, 3.05) is 13.2 Å². The van der Waals surface area contributed by atoms with Crippen LogP contribution < -0.4 is 10.1 Å². The maximum absolute atomic E-state index is 12.2. The highest BCUT2D eigenvalue weighted by Crippen LogP contribution is 2.20. The van der Waals surface area contributed by atoms with Crippen LogP contribution in [0.4, 0.5) is 0 Å². The summed E-state index contributed by atoms with van der Waals surface area (Å²) in [5, 5.41) is 41.1. The Morgan fingerprint density at radius 3 is 2.70 bits per heavy atom. The third-order valence-corrected chi connectivity index (χ3v) is 3.61. The predicted molar refractivity (Wildman–Crippen MR) is 78.8 cm³/mol. The van der Waals surface area contributed by atoms with E-state index in [0.717, 1.165) is 0 Å². The molecule has 1 aromatic rings. The van der Waals surface area contributed by atoms with Crippen LogP contribution in [0.5, 0.6) is 5.75 Å². The minimum Gasteiger partial charge on any atom is -0.494 e. The van der Waals surface area contributed by atoms with Gasteiger partial charge in [-0.3, -0.25) is 4.79 Å². The summed E-state index contributed by atoms with van der Waals surface area (Å²) in [5.41, 5.74) is 0.272. The maximum atomic E-state index is 12.2. The maximum Gasteiger partial charge on any atom is 0.251 e. The number of amides is 1. The summed E-state index contributed by atoms with van der Waals surface area (Å²) in [6.45, 7) is 1.71. The number of hydrogen-bond donors (Lipinski definition) is 5. The second-order valence-corrected chi connectivity index (χ2v) is 5.19. The lowest BCUT2D eigenvalue weighted by molar-refractivity contribution is -0.252. The van der Waals surface area contributed by atoms with E-state index in [0.29, 0.717) is 12.4 Å². The van der Waals surface area contributed by atoms with E-state index in [-0.39, 0.29) is 5.56 Å². The van der Waals surface area contributed by atoms with Crippen molar-refractivity contribution in [2.24, 2.45) is 0 Å². The number of benzene rings is 1. The van der Waals surface area contributed by atoms with Gasteiger partial charge in [0.1, 0.15) is 30.1 Å². The topological polar surface area (TPSA) is 128 Å². The molecule has 1 aromatic carbocycles. The van der Waals surface area contributed by atoms with Gasteiger partial charge >= 0.3 is 0 Å². The molecule has 1 aliphatic heterocycles. The molecule has 23 heavy (non-hydrogen) atoms. The van der Waals surface area contributed by atoms with Crippen LogP contribution in [0.3, 0.4) is 0 Å². The van der Waals surface area contributed by atoms with Gasteiger partial charge in [-0.1, -0.05) is 6.07 Å². The number of carbonyl (C=O) groups excluding carboxylic acids is 1. The van der Waals surface area contributed by atoms with Crippen LogP contribution in [0.25, 0.3) is 0 Å². The molecule has 8 heteroatoms. The van der Waals surface area contributed by atoms with Crippen LogP contribution in [0.15, 0.2) is 24.3 Å². The Bertz CT molecular complexity index is 538. The highest BCUT2D eigenvalue weighted by molar-refractivity contribution is 5.94. The highest BCUT2D eigenvalue weighted by Gasteiger charge is 2.44. The zero-order valence-electron chi connectivity index (χ0n) is 12.6. The van der Waals surface area contributed by atoms with Crippen molar-refractivity contribution in [1.82, 2.24) is 5.32 Å². The number of rotatable bonds is 5. The minimum atomic E-state index is -1.55. The molecule has 0 aliphatic carbocycles. The van der Waals surface area contributed by atoms with Crippen molar-refractivity contribution in [3.8, 4) is 5.75 Å². The molecule has 0 bridgehead atoms. The minimum absolute atomic E-state index is 0.272. The van der Waals surface area contributed by atoms with E-state index >= 15 is 0 Å². The fraction of sp³-hybridized carbons (Fsp3) is 0.533. The molecule has 128 valence electrons. The quantitative estimate of drug-likeness (QED) is 0.450. The zero-order valence-corrected chi connectivity index (χ0v) is 12.6. The SMILES string of the molecule is CCOc1cccc(C(=O)NC2C(O)O[C@H](CO)C(O)[C@@H]2O)c1. The van der Waals surface area contributed by atoms with E-state index < -0.39 is 43.2 Å². The van der Waals surface area contributed by atoms with E-state index in [4.69, 9.17) is 14.6 Å². The van der Waals surface area contributed by atoms with E-state index in [1.807, 2.05) is 6.92 Å². The summed E-state index contributed by atoms with van der Waals surface area (Å²) in [6.07, 6.45) is -5.57. The Hall–Kier alpha value is -1.71. The average Bonchev–Trinajstić information content (AvgIpc) is 2.55. The average molecular weight is 327 g/mol. The summed E-state index contributed by atoms with van der Waals surface area (Å²) >= 11 is 0. The van der Waals surface area contributed by atoms with Crippen LogP contribution in [-0.4, -0.2) is 70.2 Å². The van der Waals surface area contributed by atoms with Crippen LogP contribution in [0.1, 0.15) is 17.3 Å². The summed E-state index contributed by atoms with van der Waals surface area (Å²) < 4.78 is 10.3. The van der Waals surface area contributed by atoms with Crippen molar-refractivity contribution >= 4 is 5.91 Å². The summed E-state index contributed by atoms with van der Waals surface area (Å²) in [5.74, 6) is -0.0468. The van der Waals surface area contributed by atoms with Crippen LogP contribution in [-0.2, 0) is 4.74 Å². The predicted octanol–water partition coefficient (Wildman–Crippen LogP) is -1.38. The Morgan fingerprint density at radius 2 is 2.04 bits per heavy atom. The van der Waals surface area contributed by atoms with E-state index in [1.165, 1.54) is 6.07 Å². The first kappa shape index (κ1) is 17.6. The van der Waals surface area contributed by atoms with Gasteiger partial charge in [0.05, 0.1) is 13.2 Å². The van der Waals surface area contributed by atoms with Gasteiger partial charge < -0.3 is 35.2 Å². The lowest BCUT2D eigenvalue weighted by Gasteiger charge is -2.40. The lowest BCUT2D eigenvalue weighted by Crippen LogP contribution is -2.64. The zero-order chi connectivity index (χ0) is 17.0. The van der Waals surface area contributed by atoms with E-state index in [9.17, 15) is 20.1 Å². The number of carbonyl (C=O) groups is 1. The molecule has 0 saturated carbocycles. The molecule has 5 N–H and O–H groups in total. The van der Waals surface area contributed by atoms with Crippen molar-refractivity contribution in [1.29, 1.82) is 0 Å². The number of hydrogen-bond acceptors (Lipinski definition) is 7. The smallest absolute Gasteiger partial charge is 0.251 e. The van der Waals surface area contributed by atoms with Crippen LogP contribution >= 0.6 is 0 Å². The molecule has 3 unspecified atom stereocenters. The molecule has 1 heterocycles. The molecular weight excluding hydrogens is 306 g/mol. The molecule has 0 spiro atoms. The van der Waals surface area contributed by atoms with Crippen molar-refractivity contribution in [3.05, 3.63) is 29.8 Å². The summed E-state index contributed by atoms with van der Waals surface area (Å²) in [4.78, 5) is 12.2. The monoisotopic (exact) mass is 327 g/mol. The van der Waals surface area contributed by atoms with Crippen molar-refractivity contribution in [2.45, 2.75) is 37.6 Å². The Balaban J connectivity index is 2.08. The molecular formula is C15H21NO7. The molecule has 2 rings (SSSR count). The number of ether oxygens (including phenoxy) is 2. The number of aliphatic hydroxyl groups excluding tert-OH is 4. The molecule has 5 atom stereocenters. The highest BCUT2D eigenvalue weighted by atomic mass is 16.6. The third-order valence-electron chi connectivity index (χ3n) is 3.61. The van der Waals surface area contributed by atoms with Crippen molar-refractivity contribution < 1.29 is 34.7 Å². The van der Waals surface area contributed by atoms with Gasteiger partial charge in [0, 0.05) is 5.56 Å². The van der Waals surface area contributed by atoms with Gasteiger partial charge in [-0.05, 0) is 25.1 Å². The lowest BCUT2D eigenvalue weighted by atomic mass is 9.97. The van der Waals surface area contributed by atoms with Gasteiger partial charge in [-0.15, -0.1) is 0 Å². The second kappa shape index (κ2) is 7.71. The first-order valence-corrected chi connectivity index (χ1v) is 7.32. The standard InChI is InChI=1S/C15H21NO7/c1-2-22-9-5-3-4-8(6-9)14(20)16-11-13(19)12(18)10(7-17)23-15(11)21/h3-6,10-13,15,17-19,21H,2,7H2,1H3,(H,16,20)/t10-,11?,12?,13-,15?/m1/s1. The first-order chi connectivity index (χ1) is 11.0. The normalized spacial score (nSPS) is 30.7. The van der Waals surface area contributed by atoms with Gasteiger partial charge in [0.2, 0.25) is 0 Å². The summed E-state index contributed by atoms with van der Waals surface area (Å²) in [6, 6.07) is 5.18. The second-order valence-electron chi connectivity index (χ2n) is 5.19. The fourth-order valence-electron chi connectivity index (χ4n) is 2.38. The molecule has 0 radical (unpaired) electrons. The van der Waals surface area contributed by atoms with Gasteiger partial charge in [0.25, 0.3) is 5.91 Å². The Labute approximate surface area is 133 Å². The molecule has 1 aliphatic rings. The summed E-state index contributed by atoms with van der Waals surface area (Å²) in [7, 11) is 0. The van der Waals surface area contributed by atoms with Crippen molar-refractivity contribution in [3.63, 3.8) is 0 Å². The molecule has 1 fully saturated rings. The largest absolute Gasteiger partial charge is 0.494 e.